The Bertz CT molecular complexity index is 1050. The molecule has 1 aromatic carbocycles. The first-order valence-electron chi connectivity index (χ1n) is 10.8. The van der Waals surface area contributed by atoms with Crippen LogP contribution in [0.15, 0.2) is 23.1 Å². The van der Waals surface area contributed by atoms with Crippen LogP contribution < -0.4 is 10.1 Å². The van der Waals surface area contributed by atoms with Gasteiger partial charge in [-0.2, -0.15) is 0 Å². The summed E-state index contributed by atoms with van der Waals surface area (Å²) in [6, 6.07) is 4.60. The quantitative estimate of drug-likeness (QED) is 0.627. The van der Waals surface area contributed by atoms with E-state index in [2.05, 4.69) is 10.3 Å². The van der Waals surface area contributed by atoms with Crippen molar-refractivity contribution < 1.29 is 23.6 Å². The third-order valence-electron chi connectivity index (χ3n) is 6.07. The number of ether oxygens (including phenoxy) is 1. The molecular formula is C22H27N3O5S2. The summed E-state index contributed by atoms with van der Waals surface area (Å²) >= 11 is 1.38. The van der Waals surface area contributed by atoms with Crippen molar-refractivity contribution in [3.8, 4) is 16.2 Å². The zero-order valence-corrected chi connectivity index (χ0v) is 19.8. The minimum atomic E-state index is -1.67. The fourth-order valence-corrected chi connectivity index (χ4v) is 6.87. The number of benzene rings is 1. The van der Waals surface area contributed by atoms with E-state index in [9.17, 15) is 18.9 Å². The van der Waals surface area contributed by atoms with Crippen LogP contribution in [-0.4, -0.2) is 50.2 Å². The van der Waals surface area contributed by atoms with Gasteiger partial charge in [-0.3, -0.25) is 9.59 Å². The summed E-state index contributed by atoms with van der Waals surface area (Å²) in [6.45, 7) is 2.33. The van der Waals surface area contributed by atoms with Crippen molar-refractivity contribution in [1.29, 1.82) is 0 Å². The number of aliphatic carboxylic acids is 1. The SMILES string of the molecule is COc1ccc(-c2sc(NC(=O)C3CCCC3)nc2C)cc1S(=O)N1CCCC1C(=O)O. The van der Waals surface area contributed by atoms with Gasteiger partial charge in [0.05, 0.1) is 22.6 Å². The molecule has 2 atom stereocenters. The van der Waals surface area contributed by atoms with Crippen molar-refractivity contribution >= 4 is 39.3 Å². The van der Waals surface area contributed by atoms with Gasteiger partial charge in [0.2, 0.25) is 5.91 Å². The summed E-state index contributed by atoms with van der Waals surface area (Å²) in [5, 5.41) is 13.0. The molecule has 2 aliphatic rings. The number of thiazole rings is 1. The van der Waals surface area contributed by atoms with Crippen LogP contribution in [0.1, 0.15) is 44.2 Å². The highest BCUT2D eigenvalue weighted by molar-refractivity contribution is 7.82. The number of carbonyl (C=O) groups is 2. The number of hydrogen-bond donors (Lipinski definition) is 2. The Morgan fingerprint density at radius 2 is 2.00 bits per heavy atom. The first-order valence-corrected chi connectivity index (χ1v) is 12.7. The third kappa shape index (κ3) is 4.57. The van der Waals surface area contributed by atoms with Gasteiger partial charge in [-0.1, -0.05) is 24.2 Å². The van der Waals surface area contributed by atoms with Crippen LogP contribution in [0.25, 0.3) is 10.4 Å². The number of nitrogens with zero attached hydrogens (tertiary/aromatic N) is 2. The van der Waals surface area contributed by atoms with Crippen molar-refractivity contribution in [2.24, 2.45) is 5.92 Å². The smallest absolute Gasteiger partial charge is 0.321 e. The van der Waals surface area contributed by atoms with Crippen molar-refractivity contribution in [3.05, 3.63) is 23.9 Å². The molecule has 0 spiro atoms. The molecule has 2 unspecified atom stereocenters. The Morgan fingerprint density at radius 1 is 1.25 bits per heavy atom. The van der Waals surface area contributed by atoms with Crippen LogP contribution in [-0.2, 0) is 20.6 Å². The van der Waals surface area contributed by atoms with E-state index >= 15 is 0 Å². The van der Waals surface area contributed by atoms with Crippen molar-refractivity contribution in [3.63, 3.8) is 0 Å². The minimum absolute atomic E-state index is 0.0214. The molecule has 2 N–H and O–H groups in total. The highest BCUT2D eigenvalue weighted by atomic mass is 32.2. The van der Waals surface area contributed by atoms with Gasteiger partial charge in [-0.15, -0.1) is 0 Å². The zero-order chi connectivity index (χ0) is 22.8. The Morgan fingerprint density at radius 3 is 2.69 bits per heavy atom. The van der Waals surface area contributed by atoms with Crippen LogP contribution in [0.2, 0.25) is 0 Å². The highest BCUT2D eigenvalue weighted by Crippen LogP contribution is 2.38. The number of carbonyl (C=O) groups excluding carboxylic acids is 1. The van der Waals surface area contributed by atoms with E-state index in [1.165, 1.54) is 22.8 Å². The van der Waals surface area contributed by atoms with Crippen LogP contribution in [0.3, 0.4) is 0 Å². The van der Waals surface area contributed by atoms with Gasteiger partial charge in [-0.25, -0.2) is 13.5 Å². The number of hydrogen-bond acceptors (Lipinski definition) is 6. The predicted octanol–water partition coefficient (Wildman–Crippen LogP) is 3.83. The highest BCUT2D eigenvalue weighted by Gasteiger charge is 2.36. The Labute approximate surface area is 193 Å². The summed E-state index contributed by atoms with van der Waals surface area (Å²) < 4.78 is 20.3. The molecule has 1 amide bonds. The molecule has 0 bridgehead atoms. The van der Waals surface area contributed by atoms with E-state index < -0.39 is 23.0 Å². The lowest BCUT2D eigenvalue weighted by Crippen LogP contribution is -2.37. The van der Waals surface area contributed by atoms with Crippen molar-refractivity contribution in [2.45, 2.75) is 56.4 Å². The molecule has 1 aromatic heterocycles. The van der Waals surface area contributed by atoms with Gasteiger partial charge < -0.3 is 15.2 Å². The van der Waals surface area contributed by atoms with Gasteiger partial charge in [0.1, 0.15) is 22.8 Å². The lowest BCUT2D eigenvalue weighted by molar-refractivity contribution is -0.140. The summed E-state index contributed by atoms with van der Waals surface area (Å²) in [4.78, 5) is 29.9. The topological polar surface area (TPSA) is 109 Å². The third-order valence-corrected chi connectivity index (χ3v) is 8.75. The summed E-state index contributed by atoms with van der Waals surface area (Å²) in [7, 11) is -0.171. The number of amides is 1. The Kier molecular flexibility index (Phi) is 6.92. The number of carboxylic acid groups (broad SMARTS) is 1. The summed E-state index contributed by atoms with van der Waals surface area (Å²) in [5.41, 5.74) is 1.57. The molecule has 1 saturated heterocycles. The Balaban J connectivity index is 1.61. The molecule has 4 rings (SSSR count). The average molecular weight is 478 g/mol. The fraction of sp³-hybridized carbons (Fsp3) is 0.500. The van der Waals surface area contributed by atoms with Crippen LogP contribution >= 0.6 is 11.3 Å². The van der Waals surface area contributed by atoms with E-state index in [4.69, 9.17) is 4.74 Å². The number of aryl methyl sites for hydroxylation is 1. The number of carboxylic acids is 1. The first-order chi connectivity index (χ1) is 15.4. The lowest BCUT2D eigenvalue weighted by Gasteiger charge is -2.21. The van der Waals surface area contributed by atoms with E-state index in [1.54, 1.807) is 12.1 Å². The maximum absolute atomic E-state index is 13.3. The standard InChI is InChI=1S/C22H27N3O5S2/c1-13-19(31-22(23-13)24-20(26)14-6-3-4-7-14)15-9-10-17(30-2)18(12-15)32(29)25-11-5-8-16(25)21(27)28/h9-10,12,14,16H,3-8,11H2,1-2H3,(H,27,28)(H,23,24,26). The number of aromatic nitrogens is 1. The molecule has 172 valence electrons. The van der Waals surface area contributed by atoms with Crippen molar-refractivity contribution in [2.75, 3.05) is 19.0 Å². The molecule has 32 heavy (non-hydrogen) atoms. The maximum atomic E-state index is 13.3. The largest absolute Gasteiger partial charge is 0.495 e. The molecule has 0 radical (unpaired) electrons. The second-order valence-electron chi connectivity index (χ2n) is 8.16. The molecule has 2 fully saturated rings. The van der Waals surface area contributed by atoms with Gasteiger partial charge in [0, 0.05) is 12.5 Å². The zero-order valence-electron chi connectivity index (χ0n) is 18.1. The summed E-state index contributed by atoms with van der Waals surface area (Å²) in [6.07, 6.45) is 5.18. The molecule has 2 aromatic rings. The molecule has 8 nitrogen and oxygen atoms in total. The molecule has 1 aliphatic carbocycles. The molecule has 1 aliphatic heterocycles. The van der Waals surface area contributed by atoms with Crippen LogP contribution in [0, 0.1) is 12.8 Å². The van der Waals surface area contributed by atoms with Gasteiger partial charge in [0.15, 0.2) is 5.13 Å². The van der Waals surface area contributed by atoms with E-state index in [0.717, 1.165) is 41.8 Å². The average Bonchev–Trinajstić information content (AvgIpc) is 3.53. The molecule has 1 saturated carbocycles. The van der Waals surface area contributed by atoms with E-state index in [1.807, 2.05) is 13.0 Å². The summed E-state index contributed by atoms with van der Waals surface area (Å²) in [5.74, 6) is -0.444. The van der Waals surface area contributed by atoms with Crippen LogP contribution in [0.4, 0.5) is 5.13 Å². The van der Waals surface area contributed by atoms with Gasteiger partial charge in [-0.05, 0) is 56.4 Å². The fourth-order valence-electron chi connectivity index (χ4n) is 4.38. The normalized spacial score (nSPS) is 20.4. The molecular weight excluding hydrogens is 450 g/mol. The number of nitrogens with one attached hydrogen (secondary N) is 1. The predicted molar refractivity (Wildman–Crippen MR) is 123 cm³/mol. The Hall–Kier alpha value is -2.30. The van der Waals surface area contributed by atoms with Gasteiger partial charge >= 0.3 is 5.97 Å². The number of rotatable bonds is 7. The van der Waals surface area contributed by atoms with Gasteiger partial charge in [0.25, 0.3) is 0 Å². The number of anilines is 1. The van der Waals surface area contributed by atoms with Crippen LogP contribution in [0.5, 0.6) is 5.75 Å². The molecule has 10 heteroatoms. The first kappa shape index (κ1) is 22.9. The second kappa shape index (κ2) is 9.68. The van der Waals surface area contributed by atoms with Crippen molar-refractivity contribution in [1.82, 2.24) is 9.29 Å². The second-order valence-corrected chi connectivity index (χ2v) is 10.6. The lowest BCUT2D eigenvalue weighted by atomic mass is 10.1. The monoisotopic (exact) mass is 477 g/mol. The maximum Gasteiger partial charge on any atom is 0.321 e. The van der Waals surface area contributed by atoms with E-state index in [0.29, 0.717) is 35.2 Å². The van der Waals surface area contributed by atoms with E-state index in [-0.39, 0.29) is 11.8 Å². The molecule has 2 heterocycles. The number of methoxy groups -OCH3 is 1. The minimum Gasteiger partial charge on any atom is -0.495 e.